The molecule has 8 nitrogen and oxygen atoms in total. The van der Waals surface area contributed by atoms with Crippen LogP contribution in [0, 0.1) is 0 Å². The number of carbonyl (C=O) groups is 1. The first-order valence-corrected chi connectivity index (χ1v) is 6.45. The highest BCUT2D eigenvalue weighted by molar-refractivity contribution is 5.96. The minimum Gasteiger partial charge on any atom is -0.476 e. The highest BCUT2D eigenvalue weighted by Crippen LogP contribution is 2.23. The third kappa shape index (κ3) is 2.24. The molecule has 0 radical (unpaired) electrons. The predicted molar refractivity (Wildman–Crippen MR) is 74.3 cm³/mol. The fraction of sp³-hybridized carbons (Fsp3) is 0.500. The summed E-state index contributed by atoms with van der Waals surface area (Å²) in [4.78, 5) is 31.4. The molecule has 1 aromatic heterocycles. The zero-order chi connectivity index (χ0) is 14.9. The van der Waals surface area contributed by atoms with Crippen LogP contribution in [0.4, 0.5) is 5.82 Å². The zero-order valence-electron chi connectivity index (χ0n) is 11.6. The third-order valence-corrected chi connectivity index (χ3v) is 3.03. The summed E-state index contributed by atoms with van der Waals surface area (Å²) in [5.74, 6) is -0.264. The van der Waals surface area contributed by atoms with Crippen LogP contribution in [0.2, 0.25) is 0 Å². The number of aromatic nitrogens is 2. The molecule has 20 heavy (non-hydrogen) atoms. The first kappa shape index (κ1) is 14.0. The van der Waals surface area contributed by atoms with Crippen molar-refractivity contribution in [2.24, 2.45) is 4.99 Å². The minimum atomic E-state index is -1.32. The first-order valence-electron chi connectivity index (χ1n) is 6.45. The number of nitrogens with one attached hydrogen (secondary N) is 2. The molecule has 1 aromatic rings. The highest BCUT2D eigenvalue weighted by Gasteiger charge is 2.27. The molecule has 0 aliphatic carbocycles. The second kappa shape index (κ2) is 5.32. The Bertz CT molecular complexity index is 635. The van der Waals surface area contributed by atoms with E-state index in [-0.39, 0.29) is 6.04 Å². The number of carboxylic acid groups (broad SMARTS) is 1. The van der Waals surface area contributed by atoms with E-state index in [0.717, 1.165) is 0 Å². The summed E-state index contributed by atoms with van der Waals surface area (Å²) in [5, 5.41) is 15.1. The average Bonchev–Trinajstić information content (AvgIpc) is 2.38. The molecular weight excluding hydrogens is 262 g/mol. The molecule has 0 fully saturated rings. The molecule has 0 aromatic carbocycles. The van der Waals surface area contributed by atoms with Gasteiger partial charge in [-0.05, 0) is 20.8 Å². The van der Waals surface area contributed by atoms with Crippen LogP contribution in [0.1, 0.15) is 43.0 Å². The van der Waals surface area contributed by atoms with E-state index >= 15 is 0 Å². The first-order chi connectivity index (χ1) is 9.49. The second-order valence-corrected chi connectivity index (χ2v) is 4.36. The lowest BCUT2D eigenvalue weighted by atomic mass is 10.2. The average molecular weight is 279 g/mol. The van der Waals surface area contributed by atoms with Gasteiger partial charge in [0.15, 0.2) is 5.96 Å². The van der Waals surface area contributed by atoms with Gasteiger partial charge < -0.3 is 15.7 Å². The summed E-state index contributed by atoms with van der Waals surface area (Å²) >= 11 is 0. The normalized spacial score (nSPS) is 19.1. The van der Waals surface area contributed by atoms with Crippen molar-refractivity contribution in [2.45, 2.75) is 33.4 Å². The Morgan fingerprint density at radius 1 is 1.50 bits per heavy atom. The van der Waals surface area contributed by atoms with E-state index in [0.29, 0.717) is 30.6 Å². The van der Waals surface area contributed by atoms with Gasteiger partial charge in [-0.25, -0.2) is 9.78 Å². The number of aliphatic imine (C=N–C) groups is 1. The largest absolute Gasteiger partial charge is 0.476 e. The Morgan fingerprint density at radius 3 is 2.75 bits per heavy atom. The molecule has 3 N–H and O–H groups in total. The quantitative estimate of drug-likeness (QED) is 0.739. The fourth-order valence-electron chi connectivity index (χ4n) is 2.13. The van der Waals surface area contributed by atoms with Gasteiger partial charge in [-0.15, -0.1) is 0 Å². The van der Waals surface area contributed by atoms with Gasteiger partial charge in [0, 0.05) is 13.1 Å². The SMILES string of the molecule is CCN=C1Nc2c(nc(C(=O)O)c(=O)n2CC)C(C)N1. The summed E-state index contributed by atoms with van der Waals surface area (Å²) in [6.45, 7) is 6.46. The summed E-state index contributed by atoms with van der Waals surface area (Å²) in [5.41, 5.74) is -0.577. The number of rotatable bonds is 3. The maximum atomic E-state index is 12.1. The van der Waals surface area contributed by atoms with E-state index in [9.17, 15) is 9.59 Å². The van der Waals surface area contributed by atoms with Crippen molar-refractivity contribution in [3.8, 4) is 0 Å². The molecule has 2 rings (SSSR count). The maximum absolute atomic E-state index is 12.1. The number of guanidine groups is 1. The van der Waals surface area contributed by atoms with Crippen LogP contribution in [-0.4, -0.2) is 33.1 Å². The Labute approximate surface area is 115 Å². The molecule has 0 spiro atoms. The third-order valence-electron chi connectivity index (χ3n) is 3.03. The van der Waals surface area contributed by atoms with E-state index in [1.807, 2.05) is 13.8 Å². The highest BCUT2D eigenvalue weighted by atomic mass is 16.4. The number of fused-ring (bicyclic) bond motifs is 1. The molecule has 0 bridgehead atoms. The van der Waals surface area contributed by atoms with Crippen LogP contribution in [0.3, 0.4) is 0 Å². The standard InChI is InChI=1S/C12H17N5O3/c1-4-13-12-14-6(3)7-9(16-12)17(5-2)10(18)8(15-7)11(19)20/h6H,4-5H2,1-3H3,(H,19,20)(H2,13,14,16). The van der Waals surface area contributed by atoms with Crippen molar-refractivity contribution in [3.63, 3.8) is 0 Å². The van der Waals surface area contributed by atoms with Gasteiger partial charge in [0.1, 0.15) is 11.5 Å². The van der Waals surface area contributed by atoms with Gasteiger partial charge in [-0.3, -0.25) is 14.4 Å². The smallest absolute Gasteiger partial charge is 0.360 e. The number of carboxylic acids is 1. The van der Waals surface area contributed by atoms with Gasteiger partial charge in [0.2, 0.25) is 5.69 Å². The van der Waals surface area contributed by atoms with Gasteiger partial charge in [0.25, 0.3) is 5.56 Å². The zero-order valence-corrected chi connectivity index (χ0v) is 11.6. The predicted octanol–water partition coefficient (Wildman–Crippen LogP) is 0.413. The number of nitrogens with zero attached hydrogens (tertiary/aromatic N) is 3. The van der Waals surface area contributed by atoms with E-state index in [2.05, 4.69) is 20.6 Å². The van der Waals surface area contributed by atoms with E-state index < -0.39 is 17.2 Å². The molecule has 0 saturated heterocycles. The van der Waals surface area contributed by atoms with Crippen molar-refractivity contribution in [1.29, 1.82) is 0 Å². The van der Waals surface area contributed by atoms with E-state index in [1.165, 1.54) is 4.57 Å². The van der Waals surface area contributed by atoms with Crippen molar-refractivity contribution in [1.82, 2.24) is 14.9 Å². The van der Waals surface area contributed by atoms with Gasteiger partial charge in [0.05, 0.1) is 6.04 Å². The van der Waals surface area contributed by atoms with E-state index in [1.54, 1.807) is 6.92 Å². The second-order valence-electron chi connectivity index (χ2n) is 4.36. The number of hydrogen-bond acceptors (Lipinski definition) is 4. The van der Waals surface area contributed by atoms with Crippen LogP contribution in [0.15, 0.2) is 9.79 Å². The van der Waals surface area contributed by atoms with Crippen LogP contribution in [0.5, 0.6) is 0 Å². The fourth-order valence-corrected chi connectivity index (χ4v) is 2.13. The van der Waals surface area contributed by atoms with Crippen molar-refractivity contribution in [2.75, 3.05) is 11.9 Å². The van der Waals surface area contributed by atoms with Gasteiger partial charge in [-0.2, -0.15) is 0 Å². The Balaban J connectivity index is 2.67. The summed E-state index contributed by atoms with van der Waals surface area (Å²) in [6, 6.07) is -0.229. The molecule has 1 atom stereocenters. The summed E-state index contributed by atoms with van der Waals surface area (Å²) in [6.07, 6.45) is 0. The topological polar surface area (TPSA) is 109 Å². The molecule has 2 heterocycles. The lowest BCUT2D eigenvalue weighted by Crippen LogP contribution is -2.43. The summed E-state index contributed by atoms with van der Waals surface area (Å²) < 4.78 is 1.37. The Morgan fingerprint density at radius 2 is 2.20 bits per heavy atom. The molecule has 1 aliphatic heterocycles. The molecule has 108 valence electrons. The van der Waals surface area contributed by atoms with Gasteiger partial charge >= 0.3 is 5.97 Å². The molecule has 0 saturated carbocycles. The maximum Gasteiger partial charge on any atom is 0.360 e. The Hall–Kier alpha value is -2.38. The number of aromatic carboxylic acids is 1. The summed E-state index contributed by atoms with van der Waals surface area (Å²) in [7, 11) is 0. The number of anilines is 1. The van der Waals surface area contributed by atoms with Crippen molar-refractivity contribution < 1.29 is 9.90 Å². The molecule has 0 amide bonds. The van der Waals surface area contributed by atoms with E-state index in [4.69, 9.17) is 5.11 Å². The molecule has 1 aliphatic rings. The van der Waals surface area contributed by atoms with Crippen LogP contribution < -0.4 is 16.2 Å². The lowest BCUT2D eigenvalue weighted by Gasteiger charge is -2.28. The minimum absolute atomic E-state index is 0.229. The van der Waals surface area contributed by atoms with Crippen molar-refractivity contribution in [3.05, 3.63) is 21.7 Å². The number of hydrogen-bond donors (Lipinski definition) is 3. The lowest BCUT2D eigenvalue weighted by molar-refractivity contribution is 0.0687. The molecule has 1 unspecified atom stereocenters. The Kier molecular flexibility index (Phi) is 3.73. The van der Waals surface area contributed by atoms with Gasteiger partial charge in [-0.1, -0.05) is 0 Å². The van der Waals surface area contributed by atoms with Crippen LogP contribution >= 0.6 is 0 Å². The monoisotopic (exact) mass is 279 g/mol. The van der Waals surface area contributed by atoms with Crippen LogP contribution in [-0.2, 0) is 6.54 Å². The van der Waals surface area contributed by atoms with Crippen LogP contribution in [0.25, 0.3) is 0 Å². The molecule has 8 heteroatoms. The molecular formula is C12H17N5O3. The van der Waals surface area contributed by atoms with Crippen molar-refractivity contribution >= 4 is 17.7 Å².